The highest BCUT2D eigenvalue weighted by Gasteiger charge is 2.12. The van der Waals surface area contributed by atoms with Crippen LogP contribution in [0.5, 0.6) is 5.75 Å². The topological polar surface area (TPSA) is 85.7 Å². The SMILES string of the molecule is COc1ccc(-n2ncc3c(=O)n(Cc4ccc(C#N)cc4)cnc32)cc1. The zero-order chi connectivity index (χ0) is 18.8. The molecule has 0 spiro atoms. The fourth-order valence-corrected chi connectivity index (χ4v) is 2.86. The smallest absolute Gasteiger partial charge is 0.264 e. The van der Waals surface area contributed by atoms with Crippen molar-refractivity contribution in [2.24, 2.45) is 0 Å². The molecule has 0 atom stereocenters. The van der Waals surface area contributed by atoms with E-state index in [1.807, 2.05) is 36.4 Å². The molecule has 2 aromatic carbocycles. The lowest BCUT2D eigenvalue weighted by molar-refractivity contribution is 0.414. The van der Waals surface area contributed by atoms with Gasteiger partial charge in [-0.2, -0.15) is 10.4 Å². The van der Waals surface area contributed by atoms with Gasteiger partial charge in [-0.3, -0.25) is 9.36 Å². The van der Waals surface area contributed by atoms with E-state index in [-0.39, 0.29) is 5.56 Å². The highest BCUT2D eigenvalue weighted by atomic mass is 16.5. The maximum Gasteiger partial charge on any atom is 0.264 e. The Morgan fingerprint density at radius 1 is 1.11 bits per heavy atom. The minimum atomic E-state index is -0.163. The molecule has 0 aliphatic rings. The summed E-state index contributed by atoms with van der Waals surface area (Å²) in [5.41, 5.74) is 2.63. The van der Waals surface area contributed by atoms with Gasteiger partial charge >= 0.3 is 0 Å². The van der Waals surface area contributed by atoms with Crippen molar-refractivity contribution in [2.45, 2.75) is 6.54 Å². The number of methoxy groups -OCH3 is 1. The van der Waals surface area contributed by atoms with E-state index in [1.165, 1.54) is 17.1 Å². The van der Waals surface area contributed by atoms with E-state index in [0.29, 0.717) is 23.1 Å². The first kappa shape index (κ1) is 16.5. The van der Waals surface area contributed by atoms with Crippen molar-refractivity contribution in [1.29, 1.82) is 5.26 Å². The molecular weight excluding hydrogens is 342 g/mol. The van der Waals surface area contributed by atoms with E-state index < -0.39 is 0 Å². The first-order valence-corrected chi connectivity index (χ1v) is 8.26. The first-order chi connectivity index (χ1) is 13.2. The van der Waals surface area contributed by atoms with Crippen LogP contribution in [0.25, 0.3) is 16.7 Å². The molecule has 0 bridgehead atoms. The van der Waals surface area contributed by atoms with Gasteiger partial charge in [0.05, 0.1) is 37.2 Å². The number of hydrogen-bond donors (Lipinski definition) is 0. The van der Waals surface area contributed by atoms with Gasteiger partial charge in [-0.25, -0.2) is 9.67 Å². The molecule has 7 nitrogen and oxygen atoms in total. The number of fused-ring (bicyclic) bond motifs is 1. The van der Waals surface area contributed by atoms with Gasteiger partial charge < -0.3 is 4.74 Å². The molecular formula is C20H15N5O2. The zero-order valence-electron chi connectivity index (χ0n) is 14.5. The van der Waals surface area contributed by atoms with Crippen LogP contribution in [0, 0.1) is 11.3 Å². The molecule has 2 aromatic heterocycles. The number of rotatable bonds is 4. The molecule has 2 heterocycles. The second-order valence-corrected chi connectivity index (χ2v) is 5.98. The van der Waals surface area contributed by atoms with Crippen molar-refractivity contribution in [3.05, 3.63) is 82.5 Å². The maximum atomic E-state index is 12.8. The molecule has 7 heteroatoms. The van der Waals surface area contributed by atoms with Crippen LogP contribution < -0.4 is 10.3 Å². The Labute approximate surface area is 154 Å². The molecule has 0 aliphatic heterocycles. The molecule has 0 unspecified atom stereocenters. The standard InChI is InChI=1S/C20H15N5O2/c1-27-17-8-6-16(7-9-17)25-19-18(11-23-25)20(26)24(13-22-19)12-15-4-2-14(10-21)3-5-15/h2-9,11,13H,12H2,1H3. The summed E-state index contributed by atoms with van der Waals surface area (Å²) in [7, 11) is 1.61. The summed E-state index contributed by atoms with van der Waals surface area (Å²) in [4.78, 5) is 17.2. The average molecular weight is 357 g/mol. The number of nitrogens with zero attached hydrogens (tertiary/aromatic N) is 5. The third kappa shape index (κ3) is 3.04. The Hall–Kier alpha value is -3.92. The monoisotopic (exact) mass is 357 g/mol. The molecule has 0 saturated heterocycles. The first-order valence-electron chi connectivity index (χ1n) is 8.26. The van der Waals surface area contributed by atoms with E-state index in [4.69, 9.17) is 10.00 Å². The average Bonchev–Trinajstić information content (AvgIpc) is 3.15. The molecule has 0 aliphatic carbocycles. The lowest BCUT2D eigenvalue weighted by Crippen LogP contribution is -2.21. The number of ether oxygens (including phenoxy) is 1. The normalized spacial score (nSPS) is 10.7. The van der Waals surface area contributed by atoms with Crippen LogP contribution in [0.1, 0.15) is 11.1 Å². The van der Waals surface area contributed by atoms with Crippen LogP contribution in [0.3, 0.4) is 0 Å². The van der Waals surface area contributed by atoms with Crippen molar-refractivity contribution in [1.82, 2.24) is 19.3 Å². The van der Waals surface area contributed by atoms with Gasteiger partial charge in [-0.05, 0) is 42.0 Å². The van der Waals surface area contributed by atoms with Crippen LogP contribution in [-0.2, 0) is 6.54 Å². The summed E-state index contributed by atoms with van der Waals surface area (Å²) in [6, 6.07) is 16.6. The molecule has 27 heavy (non-hydrogen) atoms. The Morgan fingerprint density at radius 2 is 1.85 bits per heavy atom. The second-order valence-electron chi connectivity index (χ2n) is 5.98. The summed E-state index contributed by atoms with van der Waals surface area (Å²) in [5, 5.41) is 13.6. The lowest BCUT2D eigenvalue weighted by atomic mass is 10.1. The van der Waals surface area contributed by atoms with Crippen LogP contribution in [0.4, 0.5) is 0 Å². The summed E-state index contributed by atoms with van der Waals surface area (Å²) in [6.07, 6.45) is 3.05. The number of hydrogen-bond acceptors (Lipinski definition) is 5. The molecule has 132 valence electrons. The summed E-state index contributed by atoms with van der Waals surface area (Å²) >= 11 is 0. The van der Waals surface area contributed by atoms with Crippen molar-refractivity contribution in [2.75, 3.05) is 7.11 Å². The van der Waals surface area contributed by atoms with Gasteiger partial charge in [0.2, 0.25) is 0 Å². The highest BCUT2D eigenvalue weighted by Crippen LogP contribution is 2.17. The number of benzene rings is 2. The molecule has 4 aromatic rings. The second kappa shape index (κ2) is 6.77. The van der Waals surface area contributed by atoms with Crippen LogP contribution in [-0.4, -0.2) is 26.4 Å². The summed E-state index contributed by atoms with van der Waals surface area (Å²) < 4.78 is 8.32. The predicted molar refractivity (Wildman–Crippen MR) is 99.9 cm³/mol. The Kier molecular flexibility index (Phi) is 4.15. The molecule has 0 fully saturated rings. The van der Waals surface area contributed by atoms with Gasteiger partial charge in [-0.15, -0.1) is 0 Å². The minimum Gasteiger partial charge on any atom is -0.497 e. The molecule has 0 saturated carbocycles. The van der Waals surface area contributed by atoms with Crippen LogP contribution >= 0.6 is 0 Å². The van der Waals surface area contributed by atoms with Gasteiger partial charge in [0.25, 0.3) is 5.56 Å². The Morgan fingerprint density at radius 3 is 2.52 bits per heavy atom. The van der Waals surface area contributed by atoms with E-state index in [0.717, 1.165) is 17.0 Å². The maximum absolute atomic E-state index is 12.8. The van der Waals surface area contributed by atoms with Crippen LogP contribution in [0.2, 0.25) is 0 Å². The van der Waals surface area contributed by atoms with Crippen molar-refractivity contribution < 1.29 is 4.74 Å². The Bertz CT molecular complexity index is 1200. The van der Waals surface area contributed by atoms with E-state index in [2.05, 4.69) is 16.2 Å². The van der Waals surface area contributed by atoms with E-state index >= 15 is 0 Å². The molecule has 0 amide bonds. The third-order valence-corrected chi connectivity index (χ3v) is 4.31. The van der Waals surface area contributed by atoms with Crippen molar-refractivity contribution >= 4 is 11.0 Å². The van der Waals surface area contributed by atoms with Gasteiger partial charge in [0.1, 0.15) is 17.5 Å². The number of nitriles is 1. The quantitative estimate of drug-likeness (QED) is 0.560. The predicted octanol–water partition coefficient (Wildman–Crippen LogP) is 2.51. The van der Waals surface area contributed by atoms with E-state index in [1.54, 1.807) is 23.9 Å². The Balaban J connectivity index is 1.70. The van der Waals surface area contributed by atoms with Crippen molar-refractivity contribution in [3.63, 3.8) is 0 Å². The minimum absolute atomic E-state index is 0.163. The summed E-state index contributed by atoms with van der Waals surface area (Å²) in [6.45, 7) is 0.376. The summed E-state index contributed by atoms with van der Waals surface area (Å²) in [5.74, 6) is 0.743. The number of aromatic nitrogens is 4. The largest absolute Gasteiger partial charge is 0.497 e. The van der Waals surface area contributed by atoms with Gasteiger partial charge in [0.15, 0.2) is 5.65 Å². The fourth-order valence-electron chi connectivity index (χ4n) is 2.86. The highest BCUT2D eigenvalue weighted by molar-refractivity contribution is 5.75. The molecule has 4 rings (SSSR count). The van der Waals surface area contributed by atoms with E-state index in [9.17, 15) is 4.79 Å². The molecule has 0 N–H and O–H groups in total. The fraction of sp³-hybridized carbons (Fsp3) is 0.100. The third-order valence-electron chi connectivity index (χ3n) is 4.31. The lowest BCUT2D eigenvalue weighted by Gasteiger charge is -2.07. The van der Waals surface area contributed by atoms with Crippen molar-refractivity contribution in [3.8, 4) is 17.5 Å². The zero-order valence-corrected chi connectivity index (χ0v) is 14.5. The van der Waals surface area contributed by atoms with Crippen LogP contribution in [0.15, 0.2) is 65.8 Å². The van der Waals surface area contributed by atoms with Gasteiger partial charge in [0, 0.05) is 0 Å². The molecule has 0 radical (unpaired) electrons. The van der Waals surface area contributed by atoms with Gasteiger partial charge in [-0.1, -0.05) is 12.1 Å².